The van der Waals surface area contributed by atoms with Gasteiger partial charge in [0.25, 0.3) is 0 Å². The van der Waals surface area contributed by atoms with E-state index in [9.17, 15) is 5.11 Å². The third-order valence-electron chi connectivity index (χ3n) is 2.28. The van der Waals surface area contributed by atoms with Crippen LogP contribution in [0.5, 0.6) is 0 Å². The monoisotopic (exact) mass is 305 g/mol. The first-order valence-corrected chi connectivity index (χ1v) is 5.79. The number of aliphatic hydroxyl groups excluding tert-OH is 1. The van der Waals surface area contributed by atoms with Crippen molar-refractivity contribution in [1.29, 1.82) is 0 Å². The molecule has 0 radical (unpaired) electrons. The summed E-state index contributed by atoms with van der Waals surface area (Å²) < 4.78 is 1.14. The molecule has 0 fully saturated rings. The third kappa shape index (κ3) is 2.93. The SMILES string of the molecule is CC(C)[C@@H](O)[C@@H](N)c1cccc(I)c1. The molecule has 0 unspecified atom stereocenters. The van der Waals surface area contributed by atoms with Crippen LogP contribution in [0.25, 0.3) is 0 Å². The predicted octanol–water partition coefficient (Wildman–Crippen LogP) is 2.31. The summed E-state index contributed by atoms with van der Waals surface area (Å²) in [6.07, 6.45) is -0.479. The Morgan fingerprint density at radius 3 is 2.50 bits per heavy atom. The zero-order chi connectivity index (χ0) is 10.7. The topological polar surface area (TPSA) is 46.2 Å². The molecule has 0 saturated heterocycles. The molecule has 0 aliphatic heterocycles. The molecule has 0 saturated carbocycles. The minimum absolute atomic E-state index is 0.183. The van der Waals surface area contributed by atoms with E-state index >= 15 is 0 Å². The standard InChI is InChI=1S/C11H16INO/c1-7(2)11(14)10(13)8-4-3-5-9(12)6-8/h3-7,10-11,14H,13H2,1-2H3/t10-,11+/m0/s1. The summed E-state index contributed by atoms with van der Waals surface area (Å²) in [6.45, 7) is 3.94. The Balaban J connectivity index is 2.83. The highest BCUT2D eigenvalue weighted by Crippen LogP contribution is 2.20. The lowest BCUT2D eigenvalue weighted by Crippen LogP contribution is -2.30. The molecular formula is C11H16INO. The van der Waals surface area contributed by atoms with Gasteiger partial charge in [-0.1, -0.05) is 26.0 Å². The van der Waals surface area contributed by atoms with Gasteiger partial charge in [0, 0.05) is 3.57 Å². The van der Waals surface area contributed by atoms with Gasteiger partial charge in [-0.25, -0.2) is 0 Å². The van der Waals surface area contributed by atoms with Gasteiger partial charge in [0.15, 0.2) is 0 Å². The first-order chi connectivity index (χ1) is 6.52. The first-order valence-electron chi connectivity index (χ1n) is 4.71. The fraction of sp³-hybridized carbons (Fsp3) is 0.455. The zero-order valence-corrected chi connectivity index (χ0v) is 10.6. The molecule has 2 atom stereocenters. The maximum atomic E-state index is 9.81. The van der Waals surface area contributed by atoms with E-state index in [1.54, 1.807) is 0 Å². The molecule has 2 nitrogen and oxygen atoms in total. The van der Waals surface area contributed by atoms with Crippen molar-refractivity contribution in [1.82, 2.24) is 0 Å². The zero-order valence-electron chi connectivity index (χ0n) is 8.44. The van der Waals surface area contributed by atoms with E-state index in [0.29, 0.717) is 0 Å². The maximum Gasteiger partial charge on any atom is 0.0755 e. The van der Waals surface area contributed by atoms with Crippen molar-refractivity contribution in [2.24, 2.45) is 11.7 Å². The molecule has 0 spiro atoms. The summed E-state index contributed by atoms with van der Waals surface area (Å²) in [4.78, 5) is 0. The van der Waals surface area contributed by atoms with Crippen LogP contribution in [0.3, 0.4) is 0 Å². The summed E-state index contributed by atoms with van der Waals surface area (Å²) in [5, 5.41) is 9.81. The van der Waals surface area contributed by atoms with Crippen LogP contribution in [0.2, 0.25) is 0 Å². The number of hydrogen-bond acceptors (Lipinski definition) is 2. The Morgan fingerprint density at radius 1 is 1.36 bits per heavy atom. The summed E-state index contributed by atoms with van der Waals surface area (Å²) in [5.41, 5.74) is 6.95. The molecule has 1 aromatic rings. The second-order valence-corrected chi connectivity index (χ2v) is 5.06. The average molecular weight is 305 g/mol. The van der Waals surface area contributed by atoms with Crippen LogP contribution in [0.1, 0.15) is 25.5 Å². The molecule has 0 amide bonds. The van der Waals surface area contributed by atoms with Gasteiger partial charge in [0.1, 0.15) is 0 Å². The van der Waals surface area contributed by atoms with Crippen LogP contribution in [0.4, 0.5) is 0 Å². The number of rotatable bonds is 3. The lowest BCUT2D eigenvalue weighted by atomic mass is 9.95. The largest absolute Gasteiger partial charge is 0.391 e. The fourth-order valence-electron chi connectivity index (χ4n) is 1.33. The summed E-state index contributed by atoms with van der Waals surface area (Å²) in [5.74, 6) is 0.183. The van der Waals surface area contributed by atoms with Crippen LogP contribution < -0.4 is 5.73 Å². The number of aliphatic hydroxyl groups is 1. The van der Waals surface area contributed by atoms with Crippen LogP contribution in [0.15, 0.2) is 24.3 Å². The highest BCUT2D eigenvalue weighted by molar-refractivity contribution is 14.1. The van der Waals surface area contributed by atoms with E-state index in [4.69, 9.17) is 5.73 Å². The van der Waals surface area contributed by atoms with Crippen LogP contribution in [-0.2, 0) is 0 Å². The molecule has 0 aliphatic carbocycles. The minimum atomic E-state index is -0.479. The van der Waals surface area contributed by atoms with Crippen LogP contribution in [-0.4, -0.2) is 11.2 Å². The van der Waals surface area contributed by atoms with Crippen molar-refractivity contribution in [2.75, 3.05) is 0 Å². The normalized spacial score (nSPS) is 15.6. The van der Waals surface area contributed by atoms with Crippen molar-refractivity contribution in [3.8, 4) is 0 Å². The molecule has 0 heterocycles. The molecular weight excluding hydrogens is 289 g/mol. The van der Waals surface area contributed by atoms with Gasteiger partial charge in [-0.3, -0.25) is 0 Å². The molecule has 14 heavy (non-hydrogen) atoms. The molecule has 0 bridgehead atoms. The van der Waals surface area contributed by atoms with Crippen molar-refractivity contribution < 1.29 is 5.11 Å². The van der Waals surface area contributed by atoms with E-state index in [1.165, 1.54) is 0 Å². The summed E-state index contributed by atoms with van der Waals surface area (Å²) in [7, 11) is 0. The Labute approximate surface area is 98.7 Å². The maximum absolute atomic E-state index is 9.81. The Bertz CT molecular complexity index is 301. The highest BCUT2D eigenvalue weighted by atomic mass is 127. The van der Waals surface area contributed by atoms with Gasteiger partial charge in [-0.05, 0) is 46.2 Å². The summed E-state index contributed by atoms with van der Waals surface area (Å²) >= 11 is 2.24. The Morgan fingerprint density at radius 2 is 2.00 bits per heavy atom. The number of benzene rings is 1. The highest BCUT2D eigenvalue weighted by Gasteiger charge is 2.19. The molecule has 0 aliphatic rings. The second-order valence-electron chi connectivity index (χ2n) is 3.82. The van der Waals surface area contributed by atoms with Gasteiger partial charge in [0.2, 0.25) is 0 Å². The van der Waals surface area contributed by atoms with E-state index in [1.807, 2.05) is 38.1 Å². The second kappa shape index (κ2) is 5.09. The quantitative estimate of drug-likeness (QED) is 0.842. The van der Waals surface area contributed by atoms with E-state index in [-0.39, 0.29) is 12.0 Å². The smallest absolute Gasteiger partial charge is 0.0755 e. The first kappa shape index (κ1) is 11.9. The molecule has 1 rings (SSSR count). The van der Waals surface area contributed by atoms with Gasteiger partial charge < -0.3 is 10.8 Å². The fourth-order valence-corrected chi connectivity index (χ4v) is 1.89. The van der Waals surface area contributed by atoms with Crippen molar-refractivity contribution in [3.63, 3.8) is 0 Å². The van der Waals surface area contributed by atoms with Crippen molar-refractivity contribution >= 4 is 22.6 Å². The van der Waals surface area contributed by atoms with E-state index in [2.05, 4.69) is 22.6 Å². The molecule has 3 N–H and O–H groups in total. The molecule has 78 valence electrons. The number of hydrogen-bond donors (Lipinski definition) is 2. The van der Waals surface area contributed by atoms with Gasteiger partial charge in [-0.15, -0.1) is 0 Å². The van der Waals surface area contributed by atoms with E-state index < -0.39 is 6.10 Å². The van der Waals surface area contributed by atoms with E-state index in [0.717, 1.165) is 9.13 Å². The van der Waals surface area contributed by atoms with Crippen molar-refractivity contribution in [3.05, 3.63) is 33.4 Å². The lowest BCUT2D eigenvalue weighted by Gasteiger charge is -2.22. The van der Waals surface area contributed by atoms with Crippen LogP contribution >= 0.6 is 22.6 Å². The molecule has 3 heteroatoms. The van der Waals surface area contributed by atoms with Gasteiger partial charge in [0.05, 0.1) is 12.1 Å². The number of nitrogens with two attached hydrogens (primary N) is 1. The number of halogens is 1. The summed E-state index contributed by atoms with van der Waals surface area (Å²) in [6, 6.07) is 7.65. The predicted molar refractivity (Wildman–Crippen MR) is 66.9 cm³/mol. The molecule has 0 aromatic heterocycles. The average Bonchev–Trinajstić information content (AvgIpc) is 2.15. The lowest BCUT2D eigenvalue weighted by molar-refractivity contribution is 0.0979. The Kier molecular flexibility index (Phi) is 4.34. The minimum Gasteiger partial charge on any atom is -0.391 e. The van der Waals surface area contributed by atoms with Gasteiger partial charge >= 0.3 is 0 Å². The Hall–Kier alpha value is -0.130. The van der Waals surface area contributed by atoms with Gasteiger partial charge in [-0.2, -0.15) is 0 Å². The molecule has 1 aromatic carbocycles. The van der Waals surface area contributed by atoms with Crippen molar-refractivity contribution in [2.45, 2.75) is 26.0 Å². The third-order valence-corrected chi connectivity index (χ3v) is 2.96. The van der Waals surface area contributed by atoms with Crippen LogP contribution in [0, 0.1) is 9.49 Å².